The molecule has 110 valence electrons. The Kier molecular flexibility index (Phi) is 6.46. The summed E-state index contributed by atoms with van der Waals surface area (Å²) >= 11 is 5.99. The molecule has 1 aromatic carbocycles. The van der Waals surface area contributed by atoms with Crippen LogP contribution in [0.15, 0.2) is 23.1 Å². The molecule has 0 aliphatic carbocycles. The van der Waals surface area contributed by atoms with Gasteiger partial charge < -0.3 is 10.2 Å². The third kappa shape index (κ3) is 4.20. The van der Waals surface area contributed by atoms with Crippen LogP contribution in [-0.4, -0.2) is 49.7 Å². The van der Waals surface area contributed by atoms with E-state index in [2.05, 4.69) is 11.8 Å². The lowest BCUT2D eigenvalue weighted by Gasteiger charge is -2.16. The Morgan fingerprint density at radius 3 is 2.55 bits per heavy atom. The Balaban J connectivity index is 3.08. The van der Waals surface area contributed by atoms with E-state index in [-0.39, 0.29) is 29.7 Å². The fourth-order valence-corrected chi connectivity index (χ4v) is 3.11. The van der Waals surface area contributed by atoms with Crippen molar-refractivity contribution in [3.05, 3.63) is 28.8 Å². The molecule has 0 heterocycles. The molecule has 2 N–H and O–H groups in total. The third-order valence-electron chi connectivity index (χ3n) is 2.50. The maximum absolute atomic E-state index is 12.2. The van der Waals surface area contributed by atoms with E-state index in [9.17, 15) is 8.42 Å². The average Bonchev–Trinajstić information content (AvgIpc) is 2.39. The van der Waals surface area contributed by atoms with Gasteiger partial charge in [0.2, 0.25) is 10.0 Å². The molecule has 0 unspecified atom stereocenters. The molecule has 5 nitrogen and oxygen atoms in total. The predicted octanol–water partition coefficient (Wildman–Crippen LogP) is 0.687. The maximum atomic E-state index is 12.2. The second-order valence-corrected chi connectivity index (χ2v) is 6.39. The number of hydrogen-bond donors (Lipinski definition) is 2. The van der Waals surface area contributed by atoms with Crippen molar-refractivity contribution < 1.29 is 18.6 Å². The second kappa shape index (κ2) is 7.62. The molecule has 0 atom stereocenters. The monoisotopic (exact) mass is 317 g/mol. The molecular weight excluding hydrogens is 302 g/mol. The molecule has 0 spiro atoms. The molecule has 0 saturated heterocycles. The Labute approximate surface area is 123 Å². The van der Waals surface area contributed by atoms with E-state index in [4.69, 9.17) is 21.8 Å². The Morgan fingerprint density at radius 1 is 1.30 bits per heavy atom. The van der Waals surface area contributed by atoms with Gasteiger partial charge in [-0.3, -0.25) is 0 Å². The lowest BCUT2D eigenvalue weighted by atomic mass is 10.2. The first-order chi connectivity index (χ1) is 9.43. The molecule has 1 aromatic rings. The summed E-state index contributed by atoms with van der Waals surface area (Å²) in [5, 5.41) is 17.5. The molecule has 1 rings (SSSR count). The molecule has 0 fully saturated rings. The molecule has 0 aromatic heterocycles. The SMILES string of the molecule is CN(CCO)S(=O)(=O)c1ccc(C#CCCO)cc1Cl. The van der Waals surface area contributed by atoms with Crippen LogP contribution < -0.4 is 0 Å². The van der Waals surface area contributed by atoms with Gasteiger partial charge in [0.25, 0.3) is 0 Å². The summed E-state index contributed by atoms with van der Waals surface area (Å²) in [6, 6.07) is 4.40. The van der Waals surface area contributed by atoms with Gasteiger partial charge in [0.15, 0.2) is 0 Å². The van der Waals surface area contributed by atoms with Crippen molar-refractivity contribution in [2.75, 3.05) is 26.8 Å². The highest BCUT2D eigenvalue weighted by Crippen LogP contribution is 2.24. The van der Waals surface area contributed by atoms with Crippen LogP contribution in [0.5, 0.6) is 0 Å². The van der Waals surface area contributed by atoms with Crippen LogP contribution >= 0.6 is 11.6 Å². The van der Waals surface area contributed by atoms with Gasteiger partial charge >= 0.3 is 0 Å². The first-order valence-corrected chi connectivity index (χ1v) is 7.71. The molecule has 0 amide bonds. The lowest BCUT2D eigenvalue weighted by molar-refractivity contribution is 0.266. The summed E-state index contributed by atoms with van der Waals surface area (Å²) in [5.74, 6) is 5.50. The minimum Gasteiger partial charge on any atom is -0.395 e. The van der Waals surface area contributed by atoms with E-state index in [1.807, 2.05) is 0 Å². The minimum absolute atomic E-state index is 0.00325. The van der Waals surface area contributed by atoms with E-state index in [0.717, 1.165) is 4.31 Å². The highest BCUT2D eigenvalue weighted by molar-refractivity contribution is 7.89. The van der Waals surface area contributed by atoms with Gasteiger partial charge in [0, 0.05) is 25.6 Å². The fourth-order valence-electron chi connectivity index (χ4n) is 1.44. The van der Waals surface area contributed by atoms with Crippen molar-refractivity contribution in [1.29, 1.82) is 0 Å². The standard InChI is InChI=1S/C13H16ClNO4S/c1-15(7-9-17)20(18,19)13-6-5-11(10-12(13)14)4-2-3-8-16/h5-6,10,16-17H,3,7-9H2,1H3. The van der Waals surface area contributed by atoms with Crippen LogP contribution in [0.1, 0.15) is 12.0 Å². The quantitative estimate of drug-likeness (QED) is 0.783. The highest BCUT2D eigenvalue weighted by Gasteiger charge is 2.23. The fraction of sp³-hybridized carbons (Fsp3) is 0.385. The maximum Gasteiger partial charge on any atom is 0.244 e. The van der Waals surface area contributed by atoms with E-state index in [0.29, 0.717) is 12.0 Å². The number of sulfonamides is 1. The summed E-state index contributed by atoms with van der Waals surface area (Å²) in [6.45, 7) is -0.298. The Hall–Kier alpha value is -1.10. The van der Waals surface area contributed by atoms with E-state index < -0.39 is 10.0 Å². The molecule has 0 bridgehead atoms. The number of nitrogens with zero attached hydrogens (tertiary/aromatic N) is 1. The van der Waals surface area contributed by atoms with Gasteiger partial charge in [-0.2, -0.15) is 4.31 Å². The molecule has 0 radical (unpaired) electrons. The van der Waals surface area contributed by atoms with Gasteiger partial charge in [0.1, 0.15) is 4.90 Å². The zero-order valence-electron chi connectivity index (χ0n) is 11.0. The van der Waals surface area contributed by atoms with Gasteiger partial charge in [0.05, 0.1) is 18.2 Å². The zero-order valence-corrected chi connectivity index (χ0v) is 12.6. The second-order valence-electron chi connectivity index (χ2n) is 3.97. The summed E-state index contributed by atoms with van der Waals surface area (Å²) in [4.78, 5) is -0.0252. The van der Waals surface area contributed by atoms with Crippen LogP contribution in [-0.2, 0) is 10.0 Å². The zero-order chi connectivity index (χ0) is 15.2. The van der Waals surface area contributed by atoms with Gasteiger partial charge in [-0.25, -0.2) is 8.42 Å². The first-order valence-electron chi connectivity index (χ1n) is 5.90. The molecule has 20 heavy (non-hydrogen) atoms. The van der Waals surface area contributed by atoms with Crippen molar-refractivity contribution >= 4 is 21.6 Å². The number of aliphatic hydroxyl groups is 2. The summed E-state index contributed by atoms with van der Waals surface area (Å²) in [5.41, 5.74) is 0.576. The van der Waals surface area contributed by atoms with Crippen LogP contribution in [0.3, 0.4) is 0 Å². The first kappa shape index (κ1) is 17.0. The molecule has 0 aliphatic heterocycles. The van der Waals surface area contributed by atoms with E-state index in [1.165, 1.54) is 19.2 Å². The average molecular weight is 318 g/mol. The largest absolute Gasteiger partial charge is 0.395 e. The number of halogens is 1. The molecule has 0 aliphatic rings. The molecule has 0 saturated carbocycles. The topological polar surface area (TPSA) is 77.8 Å². The van der Waals surface area contributed by atoms with Crippen LogP contribution in [0.25, 0.3) is 0 Å². The molecule has 7 heteroatoms. The number of aliphatic hydroxyl groups excluding tert-OH is 2. The van der Waals surface area contributed by atoms with Crippen LogP contribution in [0, 0.1) is 11.8 Å². The Morgan fingerprint density at radius 2 is 2.00 bits per heavy atom. The summed E-state index contributed by atoms with van der Waals surface area (Å²) in [6.07, 6.45) is 0.344. The van der Waals surface area contributed by atoms with Gasteiger partial charge in [-0.15, -0.1) is 0 Å². The van der Waals surface area contributed by atoms with Crippen molar-refractivity contribution in [2.24, 2.45) is 0 Å². The van der Waals surface area contributed by atoms with Crippen molar-refractivity contribution in [3.63, 3.8) is 0 Å². The van der Waals surface area contributed by atoms with Crippen molar-refractivity contribution in [1.82, 2.24) is 4.31 Å². The summed E-state index contributed by atoms with van der Waals surface area (Å²) in [7, 11) is -2.35. The number of benzene rings is 1. The normalized spacial score (nSPS) is 11.2. The smallest absolute Gasteiger partial charge is 0.244 e. The highest BCUT2D eigenvalue weighted by atomic mass is 35.5. The van der Waals surface area contributed by atoms with Crippen molar-refractivity contribution in [3.8, 4) is 11.8 Å². The number of likely N-dealkylation sites (N-methyl/N-ethyl adjacent to an activating group) is 1. The van der Waals surface area contributed by atoms with E-state index in [1.54, 1.807) is 6.07 Å². The third-order valence-corrected chi connectivity index (χ3v) is 4.84. The molecular formula is C13H16ClNO4S. The van der Waals surface area contributed by atoms with E-state index >= 15 is 0 Å². The number of hydrogen-bond acceptors (Lipinski definition) is 4. The van der Waals surface area contributed by atoms with Crippen LogP contribution in [0.4, 0.5) is 0 Å². The van der Waals surface area contributed by atoms with Gasteiger partial charge in [-0.05, 0) is 18.2 Å². The number of rotatable bonds is 5. The van der Waals surface area contributed by atoms with Crippen LogP contribution in [0.2, 0.25) is 5.02 Å². The summed E-state index contributed by atoms with van der Waals surface area (Å²) < 4.78 is 25.4. The predicted molar refractivity (Wildman–Crippen MR) is 76.9 cm³/mol. The Bertz CT molecular complexity index is 619. The van der Waals surface area contributed by atoms with Crippen molar-refractivity contribution in [2.45, 2.75) is 11.3 Å². The lowest BCUT2D eigenvalue weighted by Crippen LogP contribution is -2.29. The minimum atomic E-state index is -3.72. The van der Waals surface area contributed by atoms with Gasteiger partial charge in [-0.1, -0.05) is 23.4 Å².